The molecule has 0 unspecified atom stereocenters. The first-order valence-electron chi connectivity index (χ1n) is 6.97. The number of sulfonamides is 1. The van der Waals surface area contributed by atoms with Crippen LogP contribution in [0.15, 0.2) is 70.9 Å². The van der Waals surface area contributed by atoms with Crippen LogP contribution in [-0.2, 0) is 10.0 Å². The van der Waals surface area contributed by atoms with E-state index in [0.717, 1.165) is 16.5 Å². The van der Waals surface area contributed by atoms with E-state index < -0.39 is 10.0 Å². The molecular weight excluding hydrogens is 348 g/mol. The molecule has 0 spiro atoms. The van der Waals surface area contributed by atoms with Gasteiger partial charge in [-0.25, -0.2) is 13.4 Å². The van der Waals surface area contributed by atoms with Crippen molar-refractivity contribution in [3.63, 3.8) is 0 Å². The third kappa shape index (κ3) is 4.24. The Morgan fingerprint density at radius 2 is 1.75 bits per heavy atom. The molecule has 0 atom stereocenters. The number of hydrogen-bond donors (Lipinski definition) is 1. The quantitative estimate of drug-likeness (QED) is 0.731. The summed E-state index contributed by atoms with van der Waals surface area (Å²) >= 11 is 5.79. The van der Waals surface area contributed by atoms with Crippen LogP contribution in [0.2, 0.25) is 5.02 Å². The maximum Gasteiger partial charge on any atom is 0.255 e. The van der Waals surface area contributed by atoms with Gasteiger partial charge in [0, 0.05) is 16.3 Å². The van der Waals surface area contributed by atoms with E-state index in [2.05, 4.69) is 9.71 Å². The van der Waals surface area contributed by atoms with Gasteiger partial charge in [-0.3, -0.25) is 4.72 Å². The Balaban J connectivity index is 1.71. The first-order valence-corrected chi connectivity index (χ1v) is 8.90. The van der Waals surface area contributed by atoms with Gasteiger partial charge in [0.05, 0.1) is 11.6 Å². The standard InChI is InChI=1S/C17H13ClN2O3S/c18-15-5-1-13(2-6-15)9-10-24(21,22)20-16-7-3-14(4-8-16)17-11-19-12-23-17/h1-12,20H. The van der Waals surface area contributed by atoms with Gasteiger partial charge in [0.15, 0.2) is 12.2 Å². The van der Waals surface area contributed by atoms with Gasteiger partial charge in [0.25, 0.3) is 10.0 Å². The molecule has 0 fully saturated rings. The highest BCUT2D eigenvalue weighted by molar-refractivity contribution is 7.95. The molecule has 0 amide bonds. The fourth-order valence-corrected chi connectivity index (χ4v) is 3.00. The summed E-state index contributed by atoms with van der Waals surface area (Å²) in [6.45, 7) is 0. The summed E-state index contributed by atoms with van der Waals surface area (Å²) in [4.78, 5) is 3.84. The van der Waals surface area contributed by atoms with E-state index in [0.29, 0.717) is 16.5 Å². The van der Waals surface area contributed by atoms with Crippen molar-refractivity contribution >= 4 is 33.4 Å². The molecule has 122 valence electrons. The molecule has 1 aromatic heterocycles. The molecular formula is C17H13ClN2O3S. The van der Waals surface area contributed by atoms with Gasteiger partial charge in [-0.2, -0.15) is 0 Å². The number of anilines is 1. The van der Waals surface area contributed by atoms with Gasteiger partial charge in [0.2, 0.25) is 0 Å². The van der Waals surface area contributed by atoms with Gasteiger partial charge < -0.3 is 4.42 Å². The van der Waals surface area contributed by atoms with E-state index in [4.69, 9.17) is 16.0 Å². The van der Waals surface area contributed by atoms with Crippen molar-refractivity contribution in [2.45, 2.75) is 0 Å². The normalized spacial score (nSPS) is 11.7. The Labute approximate surface area is 144 Å². The molecule has 7 heteroatoms. The predicted molar refractivity (Wildman–Crippen MR) is 95.0 cm³/mol. The van der Waals surface area contributed by atoms with Crippen LogP contribution in [0.1, 0.15) is 5.56 Å². The smallest absolute Gasteiger partial charge is 0.255 e. The van der Waals surface area contributed by atoms with Crippen LogP contribution in [0.3, 0.4) is 0 Å². The molecule has 0 saturated heterocycles. The summed E-state index contributed by atoms with van der Waals surface area (Å²) in [7, 11) is -3.61. The van der Waals surface area contributed by atoms with Crippen LogP contribution in [0.25, 0.3) is 17.4 Å². The molecule has 5 nitrogen and oxygen atoms in total. The van der Waals surface area contributed by atoms with Gasteiger partial charge in [-0.1, -0.05) is 23.7 Å². The average Bonchev–Trinajstić information content (AvgIpc) is 3.09. The summed E-state index contributed by atoms with van der Waals surface area (Å²) in [6, 6.07) is 13.7. The first-order chi connectivity index (χ1) is 11.5. The van der Waals surface area contributed by atoms with Crippen molar-refractivity contribution in [1.29, 1.82) is 0 Å². The molecule has 24 heavy (non-hydrogen) atoms. The molecule has 0 radical (unpaired) electrons. The molecule has 0 saturated carbocycles. The highest BCUT2D eigenvalue weighted by Gasteiger charge is 2.07. The minimum absolute atomic E-state index is 0.457. The number of aromatic nitrogens is 1. The second-order valence-electron chi connectivity index (χ2n) is 4.94. The molecule has 0 bridgehead atoms. The van der Waals surface area contributed by atoms with E-state index in [9.17, 15) is 8.42 Å². The number of hydrogen-bond acceptors (Lipinski definition) is 4. The van der Waals surface area contributed by atoms with Gasteiger partial charge in [0.1, 0.15) is 0 Å². The second-order valence-corrected chi connectivity index (χ2v) is 6.95. The first kappa shape index (κ1) is 16.3. The van der Waals surface area contributed by atoms with E-state index in [1.807, 2.05) is 0 Å². The Morgan fingerprint density at radius 3 is 2.38 bits per heavy atom. The van der Waals surface area contributed by atoms with E-state index in [-0.39, 0.29) is 0 Å². The minimum atomic E-state index is -3.61. The third-order valence-electron chi connectivity index (χ3n) is 3.17. The predicted octanol–water partition coefficient (Wildman–Crippen LogP) is 4.41. The molecule has 3 rings (SSSR count). The Morgan fingerprint density at radius 1 is 1.04 bits per heavy atom. The lowest BCUT2D eigenvalue weighted by Crippen LogP contribution is -2.08. The molecule has 3 aromatic rings. The van der Waals surface area contributed by atoms with Gasteiger partial charge >= 0.3 is 0 Å². The van der Waals surface area contributed by atoms with E-state index in [1.165, 1.54) is 12.5 Å². The number of oxazole rings is 1. The summed E-state index contributed by atoms with van der Waals surface area (Å²) in [5.74, 6) is 0.618. The molecule has 0 aliphatic rings. The fourth-order valence-electron chi connectivity index (χ4n) is 2.00. The number of rotatable bonds is 5. The average molecular weight is 361 g/mol. The summed E-state index contributed by atoms with van der Waals surface area (Å²) in [6.07, 6.45) is 4.43. The second kappa shape index (κ2) is 6.90. The van der Waals surface area contributed by atoms with Gasteiger partial charge in [-0.05, 0) is 48.0 Å². The SMILES string of the molecule is O=S(=O)(C=Cc1ccc(Cl)cc1)Nc1ccc(-c2cnco2)cc1. The highest BCUT2D eigenvalue weighted by atomic mass is 35.5. The highest BCUT2D eigenvalue weighted by Crippen LogP contribution is 2.21. The van der Waals surface area contributed by atoms with Crippen molar-refractivity contribution in [3.05, 3.63) is 77.1 Å². The lowest BCUT2D eigenvalue weighted by molar-refractivity contribution is 0.572. The summed E-state index contributed by atoms with van der Waals surface area (Å²) in [5, 5.41) is 1.71. The zero-order chi connectivity index (χ0) is 17.0. The van der Waals surface area contributed by atoms with E-state index in [1.54, 1.807) is 54.7 Å². The van der Waals surface area contributed by atoms with Crippen LogP contribution < -0.4 is 4.72 Å². The Bertz CT molecular complexity index is 933. The fraction of sp³-hybridized carbons (Fsp3) is 0. The van der Waals surface area contributed by atoms with E-state index >= 15 is 0 Å². The van der Waals surface area contributed by atoms with Crippen molar-refractivity contribution in [1.82, 2.24) is 4.98 Å². The summed E-state index contributed by atoms with van der Waals surface area (Å²) < 4.78 is 31.9. The topological polar surface area (TPSA) is 72.2 Å². The zero-order valence-electron chi connectivity index (χ0n) is 12.4. The van der Waals surface area contributed by atoms with Crippen LogP contribution in [0, 0.1) is 0 Å². The number of nitrogens with zero attached hydrogens (tertiary/aromatic N) is 1. The van der Waals surface area contributed by atoms with Crippen LogP contribution in [0.4, 0.5) is 5.69 Å². The Hall–Kier alpha value is -2.57. The molecule has 1 heterocycles. The number of nitrogens with one attached hydrogen (secondary N) is 1. The van der Waals surface area contributed by atoms with Crippen molar-refractivity contribution in [2.24, 2.45) is 0 Å². The van der Waals surface area contributed by atoms with Crippen molar-refractivity contribution in [2.75, 3.05) is 4.72 Å². The maximum absolute atomic E-state index is 12.1. The number of benzene rings is 2. The van der Waals surface area contributed by atoms with Crippen LogP contribution >= 0.6 is 11.6 Å². The largest absolute Gasteiger partial charge is 0.444 e. The lowest BCUT2D eigenvalue weighted by Gasteiger charge is -2.05. The monoisotopic (exact) mass is 360 g/mol. The molecule has 2 aromatic carbocycles. The van der Waals surface area contributed by atoms with Crippen molar-refractivity contribution in [3.8, 4) is 11.3 Å². The van der Waals surface area contributed by atoms with Crippen molar-refractivity contribution < 1.29 is 12.8 Å². The number of halogens is 1. The third-order valence-corrected chi connectivity index (χ3v) is 4.44. The Kier molecular flexibility index (Phi) is 4.69. The van der Waals surface area contributed by atoms with Crippen LogP contribution in [-0.4, -0.2) is 13.4 Å². The zero-order valence-corrected chi connectivity index (χ0v) is 14.0. The van der Waals surface area contributed by atoms with Gasteiger partial charge in [-0.15, -0.1) is 0 Å². The maximum atomic E-state index is 12.1. The molecule has 1 N–H and O–H groups in total. The molecule has 0 aliphatic heterocycles. The minimum Gasteiger partial charge on any atom is -0.444 e. The summed E-state index contributed by atoms with van der Waals surface area (Å²) in [5.41, 5.74) is 2.01. The van der Waals surface area contributed by atoms with Crippen LogP contribution in [0.5, 0.6) is 0 Å². The lowest BCUT2D eigenvalue weighted by atomic mass is 10.2. The molecule has 0 aliphatic carbocycles.